The zero-order chi connectivity index (χ0) is 19.1. The molecule has 0 saturated carbocycles. The third-order valence-electron chi connectivity index (χ3n) is 6.23. The van der Waals surface area contributed by atoms with Crippen LogP contribution in [-0.2, 0) is 4.79 Å². The Morgan fingerprint density at radius 3 is 2.93 bits per heavy atom. The van der Waals surface area contributed by atoms with E-state index in [4.69, 9.17) is 4.42 Å². The number of nitrogens with zero attached hydrogens (tertiary/aromatic N) is 3. The van der Waals surface area contributed by atoms with Crippen LogP contribution in [-0.4, -0.2) is 70.6 Å². The smallest absolute Gasteiger partial charge is 0.240 e. The Bertz CT molecular complexity index is 861. The van der Waals surface area contributed by atoms with Crippen LogP contribution in [0.1, 0.15) is 31.1 Å². The van der Waals surface area contributed by atoms with Gasteiger partial charge >= 0.3 is 0 Å². The molecule has 1 amide bonds. The van der Waals surface area contributed by atoms with Crippen molar-refractivity contribution in [1.29, 1.82) is 0 Å². The fourth-order valence-electron chi connectivity index (χ4n) is 4.59. The lowest BCUT2D eigenvalue weighted by molar-refractivity contribution is -0.131. The first-order chi connectivity index (χ1) is 13.7. The van der Waals surface area contributed by atoms with Gasteiger partial charge in [0.25, 0.3) is 0 Å². The number of aromatic nitrogens is 1. The number of fused-ring (bicyclic) bond motifs is 1. The van der Waals surface area contributed by atoms with Crippen molar-refractivity contribution in [3.8, 4) is 0 Å². The van der Waals surface area contributed by atoms with E-state index in [-0.39, 0.29) is 23.7 Å². The molecular weight excluding hydrogens is 379 g/mol. The summed E-state index contributed by atoms with van der Waals surface area (Å²) in [5.41, 5.74) is 1.25. The van der Waals surface area contributed by atoms with Crippen molar-refractivity contribution in [1.82, 2.24) is 20.1 Å². The minimum absolute atomic E-state index is 0.0339. The molecule has 6 nitrogen and oxygen atoms in total. The number of piperidine rings is 1. The predicted molar refractivity (Wildman–Crippen MR) is 107 cm³/mol. The van der Waals surface area contributed by atoms with Crippen LogP contribution < -0.4 is 5.32 Å². The molecule has 0 aliphatic carbocycles. The summed E-state index contributed by atoms with van der Waals surface area (Å²) in [5, 5.41) is 3.44. The summed E-state index contributed by atoms with van der Waals surface area (Å²) in [4.78, 5) is 21.6. The van der Waals surface area contributed by atoms with E-state index in [0.717, 1.165) is 68.5 Å². The number of rotatable bonds is 3. The van der Waals surface area contributed by atoms with E-state index in [0.29, 0.717) is 11.6 Å². The van der Waals surface area contributed by atoms with E-state index in [1.165, 1.54) is 12.1 Å². The normalized spacial score (nSPS) is 27.1. The molecule has 2 aromatic rings. The topological polar surface area (TPSA) is 61.6 Å². The number of carbonyl (C=O) groups excluding carboxylic acids is 1. The molecule has 0 bridgehead atoms. The van der Waals surface area contributed by atoms with Crippen LogP contribution in [0.25, 0.3) is 11.1 Å². The Kier molecular flexibility index (Phi) is 5.02. The van der Waals surface area contributed by atoms with Crippen LogP contribution in [0.4, 0.5) is 4.39 Å². The Morgan fingerprint density at radius 2 is 2.14 bits per heavy atom. The molecule has 0 radical (unpaired) electrons. The Morgan fingerprint density at radius 1 is 1.29 bits per heavy atom. The molecule has 150 valence electrons. The average molecular weight is 405 g/mol. The van der Waals surface area contributed by atoms with Gasteiger partial charge in [-0.25, -0.2) is 9.37 Å². The highest BCUT2D eigenvalue weighted by atomic mass is 32.2. The molecule has 1 aromatic heterocycles. The van der Waals surface area contributed by atoms with Crippen molar-refractivity contribution in [3.05, 3.63) is 29.9 Å². The van der Waals surface area contributed by atoms with E-state index in [1.54, 1.807) is 6.07 Å². The molecule has 3 aliphatic rings. The second-order valence-electron chi connectivity index (χ2n) is 7.96. The molecular formula is C20H25FN4O2S. The highest BCUT2D eigenvalue weighted by Gasteiger charge is 2.37. The number of hydrogen-bond donors (Lipinski definition) is 1. The summed E-state index contributed by atoms with van der Waals surface area (Å²) in [7, 11) is 0. The van der Waals surface area contributed by atoms with Crippen molar-refractivity contribution >= 4 is 28.8 Å². The van der Waals surface area contributed by atoms with Crippen LogP contribution in [0.5, 0.6) is 0 Å². The molecule has 3 aliphatic heterocycles. The predicted octanol–water partition coefficient (Wildman–Crippen LogP) is 2.41. The van der Waals surface area contributed by atoms with Gasteiger partial charge in [-0.1, -0.05) is 0 Å². The van der Waals surface area contributed by atoms with Gasteiger partial charge in [-0.15, -0.1) is 11.8 Å². The van der Waals surface area contributed by atoms with Crippen LogP contribution in [0.15, 0.2) is 22.6 Å². The largest absolute Gasteiger partial charge is 0.440 e. The molecule has 1 N–H and O–H groups in total. The zero-order valence-corrected chi connectivity index (χ0v) is 16.6. The van der Waals surface area contributed by atoms with Crippen LogP contribution in [0.3, 0.4) is 0 Å². The first-order valence-corrected chi connectivity index (χ1v) is 11.2. The van der Waals surface area contributed by atoms with Crippen LogP contribution >= 0.6 is 11.8 Å². The molecule has 0 spiro atoms. The summed E-state index contributed by atoms with van der Waals surface area (Å²) >= 11 is 1.83. The fraction of sp³-hybridized carbons (Fsp3) is 0.600. The summed E-state index contributed by atoms with van der Waals surface area (Å²) in [6.07, 6.45) is 2.85. The van der Waals surface area contributed by atoms with E-state index in [1.807, 2.05) is 16.7 Å². The second kappa shape index (κ2) is 7.65. The van der Waals surface area contributed by atoms with E-state index in [2.05, 4.69) is 15.2 Å². The first kappa shape index (κ1) is 18.4. The molecule has 3 fully saturated rings. The van der Waals surface area contributed by atoms with E-state index in [9.17, 15) is 9.18 Å². The molecule has 8 heteroatoms. The minimum Gasteiger partial charge on any atom is -0.440 e. The molecule has 3 saturated heterocycles. The van der Waals surface area contributed by atoms with E-state index < -0.39 is 0 Å². The molecule has 0 unspecified atom stereocenters. The van der Waals surface area contributed by atoms with Gasteiger partial charge < -0.3 is 14.6 Å². The van der Waals surface area contributed by atoms with Crippen molar-refractivity contribution in [2.45, 2.75) is 37.3 Å². The van der Waals surface area contributed by atoms with Crippen molar-refractivity contribution in [3.63, 3.8) is 0 Å². The molecule has 5 rings (SSSR count). The number of amides is 1. The fourth-order valence-corrected chi connectivity index (χ4v) is 5.55. The number of halogens is 1. The number of hydrogen-bond acceptors (Lipinski definition) is 6. The van der Waals surface area contributed by atoms with E-state index >= 15 is 0 Å². The number of benzene rings is 1. The number of carbonyl (C=O) groups is 1. The minimum atomic E-state index is -0.296. The van der Waals surface area contributed by atoms with Gasteiger partial charge in [0.1, 0.15) is 11.3 Å². The van der Waals surface area contributed by atoms with Gasteiger partial charge in [-0.3, -0.25) is 9.69 Å². The number of nitrogens with one attached hydrogen (secondary N) is 1. The molecule has 28 heavy (non-hydrogen) atoms. The Balaban J connectivity index is 1.17. The van der Waals surface area contributed by atoms with Gasteiger partial charge in [-0.05, 0) is 44.5 Å². The summed E-state index contributed by atoms with van der Waals surface area (Å²) in [6, 6.07) is 4.88. The second-order valence-corrected chi connectivity index (χ2v) is 9.04. The van der Waals surface area contributed by atoms with Crippen molar-refractivity contribution < 1.29 is 13.6 Å². The van der Waals surface area contributed by atoms with Gasteiger partial charge in [0.05, 0.1) is 11.9 Å². The number of likely N-dealkylation sites (tertiary alicyclic amines) is 1. The summed E-state index contributed by atoms with van der Waals surface area (Å²) in [5.74, 6) is 2.86. The first-order valence-electron chi connectivity index (χ1n) is 10.1. The quantitative estimate of drug-likeness (QED) is 0.848. The monoisotopic (exact) mass is 404 g/mol. The van der Waals surface area contributed by atoms with Crippen molar-refractivity contribution in [2.24, 2.45) is 0 Å². The standard InChI is InChI=1S/C20H25FN4O2S/c21-14-1-2-16-18(9-14)27-19(23-16)13-3-5-24(6-4-13)15-10-17(22-11-15)20(26)25-7-8-28-12-25/h1-2,9,13,15,17,22H,3-8,10-12H2/t15-,17-/m0/s1. The summed E-state index contributed by atoms with van der Waals surface area (Å²) < 4.78 is 19.2. The zero-order valence-electron chi connectivity index (χ0n) is 15.8. The number of thioether (sulfide) groups is 1. The maximum Gasteiger partial charge on any atom is 0.240 e. The van der Waals surface area contributed by atoms with Crippen LogP contribution in [0.2, 0.25) is 0 Å². The molecule has 4 heterocycles. The van der Waals surface area contributed by atoms with Gasteiger partial charge in [0.2, 0.25) is 5.91 Å². The van der Waals surface area contributed by atoms with Gasteiger partial charge in [0, 0.05) is 36.9 Å². The number of oxazole rings is 1. The lowest BCUT2D eigenvalue weighted by Gasteiger charge is -2.34. The Labute approximate surface area is 167 Å². The maximum atomic E-state index is 13.4. The van der Waals surface area contributed by atoms with Gasteiger partial charge in [-0.2, -0.15) is 0 Å². The highest BCUT2D eigenvalue weighted by molar-refractivity contribution is 7.99. The summed E-state index contributed by atoms with van der Waals surface area (Å²) in [6.45, 7) is 3.71. The Hall–Kier alpha value is -1.64. The average Bonchev–Trinajstić information content (AvgIpc) is 3.47. The van der Waals surface area contributed by atoms with Crippen LogP contribution in [0, 0.1) is 5.82 Å². The van der Waals surface area contributed by atoms with Crippen molar-refractivity contribution in [2.75, 3.05) is 37.8 Å². The third kappa shape index (κ3) is 3.53. The van der Waals surface area contributed by atoms with Gasteiger partial charge in [0.15, 0.2) is 11.5 Å². The highest BCUT2D eigenvalue weighted by Crippen LogP contribution is 2.32. The third-order valence-corrected chi connectivity index (χ3v) is 7.20. The SMILES string of the molecule is O=C([C@@H]1C[C@H](N2CCC(c3nc4ccc(F)cc4o3)CC2)CN1)N1CCSC1. The lowest BCUT2D eigenvalue weighted by atomic mass is 9.95. The molecule has 1 aromatic carbocycles. The maximum absolute atomic E-state index is 13.4. The molecule has 2 atom stereocenters. The lowest BCUT2D eigenvalue weighted by Crippen LogP contribution is -2.42.